The highest BCUT2D eigenvalue weighted by Crippen LogP contribution is 2.22. The number of amides is 1. The minimum Gasteiger partial charge on any atom is -0.332 e. The Morgan fingerprint density at radius 3 is 2.64 bits per heavy atom. The molecule has 0 saturated carbocycles. The number of halogens is 3. The van der Waals surface area contributed by atoms with E-state index in [0.29, 0.717) is 10.6 Å². The number of carbonyl (C=O) groups is 1. The third-order valence-electron chi connectivity index (χ3n) is 2.78. The number of carbonyl (C=O) groups excluding carboxylic acids is 1. The van der Waals surface area contributed by atoms with E-state index in [0.717, 1.165) is 19.3 Å². The summed E-state index contributed by atoms with van der Waals surface area (Å²) < 4.78 is 1.96. The molecule has 0 unspecified atom stereocenters. The first-order valence-electron chi connectivity index (χ1n) is 6.20. The molecular formula is C15H11BrClIN2OS. The van der Waals surface area contributed by atoms with Crippen LogP contribution < -0.4 is 10.6 Å². The van der Waals surface area contributed by atoms with Crippen molar-refractivity contribution in [3.63, 3.8) is 0 Å². The second kappa shape index (κ2) is 7.72. The Balaban J connectivity index is 2.06. The SMILES string of the molecule is Cc1ccc(C(=O)NC(=S)Nc2ccc(Br)cc2I)c(Cl)c1. The molecule has 1 amide bonds. The van der Waals surface area contributed by atoms with Crippen LogP contribution in [0.2, 0.25) is 5.02 Å². The number of benzene rings is 2. The van der Waals surface area contributed by atoms with Gasteiger partial charge < -0.3 is 5.32 Å². The molecule has 0 radical (unpaired) electrons. The summed E-state index contributed by atoms with van der Waals surface area (Å²) in [6, 6.07) is 11.0. The van der Waals surface area contributed by atoms with Crippen LogP contribution in [0.3, 0.4) is 0 Å². The van der Waals surface area contributed by atoms with Gasteiger partial charge in [0.2, 0.25) is 0 Å². The molecule has 0 aliphatic rings. The molecule has 0 aromatic heterocycles. The zero-order valence-electron chi connectivity index (χ0n) is 11.4. The smallest absolute Gasteiger partial charge is 0.258 e. The fraction of sp³-hybridized carbons (Fsp3) is 0.0667. The Kier molecular flexibility index (Phi) is 6.19. The average molecular weight is 510 g/mol. The number of hydrogen-bond donors (Lipinski definition) is 2. The van der Waals surface area contributed by atoms with Gasteiger partial charge in [0, 0.05) is 8.04 Å². The largest absolute Gasteiger partial charge is 0.332 e. The van der Waals surface area contributed by atoms with E-state index in [-0.39, 0.29) is 11.0 Å². The molecule has 0 fully saturated rings. The van der Waals surface area contributed by atoms with Crippen LogP contribution in [0.25, 0.3) is 0 Å². The van der Waals surface area contributed by atoms with Gasteiger partial charge in [0.05, 0.1) is 16.3 Å². The second-order valence-electron chi connectivity index (χ2n) is 4.52. The summed E-state index contributed by atoms with van der Waals surface area (Å²) in [4.78, 5) is 12.2. The second-order valence-corrected chi connectivity index (χ2v) is 7.41. The van der Waals surface area contributed by atoms with Crippen LogP contribution in [-0.4, -0.2) is 11.0 Å². The lowest BCUT2D eigenvalue weighted by atomic mass is 10.1. The quantitative estimate of drug-likeness (QED) is 0.435. The minimum atomic E-state index is -0.338. The number of anilines is 1. The van der Waals surface area contributed by atoms with Crippen LogP contribution in [0.5, 0.6) is 0 Å². The number of rotatable bonds is 2. The van der Waals surface area contributed by atoms with Gasteiger partial charge in [-0.1, -0.05) is 33.6 Å². The zero-order chi connectivity index (χ0) is 16.3. The van der Waals surface area contributed by atoms with Crippen LogP contribution in [0.15, 0.2) is 40.9 Å². The highest BCUT2D eigenvalue weighted by molar-refractivity contribution is 14.1. The lowest BCUT2D eigenvalue weighted by Crippen LogP contribution is -2.34. The number of nitrogens with one attached hydrogen (secondary N) is 2. The first-order chi connectivity index (χ1) is 10.4. The van der Waals surface area contributed by atoms with Gasteiger partial charge in [-0.15, -0.1) is 0 Å². The Labute approximate surface area is 161 Å². The van der Waals surface area contributed by atoms with Gasteiger partial charge in [0.25, 0.3) is 5.91 Å². The average Bonchev–Trinajstić information content (AvgIpc) is 2.41. The van der Waals surface area contributed by atoms with Crippen LogP contribution in [-0.2, 0) is 0 Å². The van der Waals surface area contributed by atoms with E-state index < -0.39 is 0 Å². The molecule has 0 heterocycles. The van der Waals surface area contributed by atoms with Crippen LogP contribution in [0.4, 0.5) is 5.69 Å². The van der Waals surface area contributed by atoms with Crippen LogP contribution in [0, 0.1) is 10.5 Å². The van der Waals surface area contributed by atoms with Crippen molar-refractivity contribution in [3.05, 3.63) is 60.6 Å². The molecule has 0 aliphatic carbocycles. The van der Waals surface area contributed by atoms with Crippen molar-refractivity contribution < 1.29 is 4.79 Å². The van der Waals surface area contributed by atoms with E-state index in [4.69, 9.17) is 23.8 Å². The van der Waals surface area contributed by atoms with Gasteiger partial charge >= 0.3 is 0 Å². The van der Waals surface area contributed by atoms with Crippen molar-refractivity contribution >= 4 is 79.0 Å². The van der Waals surface area contributed by atoms with Gasteiger partial charge in [-0.3, -0.25) is 10.1 Å². The van der Waals surface area contributed by atoms with E-state index in [2.05, 4.69) is 49.2 Å². The third-order valence-corrected chi connectivity index (χ3v) is 4.68. The number of aryl methyl sites for hydroxylation is 1. The summed E-state index contributed by atoms with van der Waals surface area (Å²) in [6.07, 6.45) is 0. The molecule has 3 nitrogen and oxygen atoms in total. The third kappa shape index (κ3) is 4.65. The summed E-state index contributed by atoms with van der Waals surface area (Å²) in [6.45, 7) is 1.91. The summed E-state index contributed by atoms with van der Waals surface area (Å²) >= 11 is 16.8. The molecule has 0 bridgehead atoms. The highest BCUT2D eigenvalue weighted by Gasteiger charge is 2.12. The summed E-state index contributed by atoms with van der Waals surface area (Å²) in [5.41, 5.74) is 2.21. The molecule has 2 rings (SSSR count). The molecule has 7 heteroatoms. The summed E-state index contributed by atoms with van der Waals surface area (Å²) in [7, 11) is 0. The molecule has 2 N–H and O–H groups in total. The van der Waals surface area contributed by atoms with Gasteiger partial charge in [-0.2, -0.15) is 0 Å². The lowest BCUT2D eigenvalue weighted by Gasteiger charge is -2.12. The highest BCUT2D eigenvalue weighted by atomic mass is 127. The number of hydrogen-bond acceptors (Lipinski definition) is 2. The molecule has 0 atom stereocenters. The molecule has 0 saturated heterocycles. The lowest BCUT2D eigenvalue weighted by molar-refractivity contribution is 0.0978. The van der Waals surface area contributed by atoms with E-state index >= 15 is 0 Å². The molecule has 0 aliphatic heterocycles. The van der Waals surface area contributed by atoms with Gasteiger partial charge in [-0.25, -0.2) is 0 Å². The van der Waals surface area contributed by atoms with Crippen molar-refractivity contribution in [2.45, 2.75) is 6.92 Å². The molecule has 2 aromatic rings. The molecule has 114 valence electrons. The molecule has 0 spiro atoms. The Morgan fingerprint density at radius 2 is 2.00 bits per heavy atom. The predicted octanol–water partition coefficient (Wildman–Crippen LogP) is 5.14. The van der Waals surface area contributed by atoms with E-state index in [9.17, 15) is 4.79 Å². The van der Waals surface area contributed by atoms with Crippen molar-refractivity contribution in [1.29, 1.82) is 0 Å². The van der Waals surface area contributed by atoms with Gasteiger partial charge in [0.15, 0.2) is 5.11 Å². The van der Waals surface area contributed by atoms with Gasteiger partial charge in [0.1, 0.15) is 0 Å². The fourth-order valence-corrected chi connectivity index (χ4v) is 3.68. The van der Waals surface area contributed by atoms with Crippen molar-refractivity contribution in [2.24, 2.45) is 0 Å². The summed E-state index contributed by atoms with van der Waals surface area (Å²) in [5.74, 6) is -0.338. The number of thiocarbonyl (C=S) groups is 1. The maximum atomic E-state index is 12.2. The molecule has 2 aromatic carbocycles. The first-order valence-corrected chi connectivity index (χ1v) is 8.86. The van der Waals surface area contributed by atoms with Crippen molar-refractivity contribution in [2.75, 3.05) is 5.32 Å². The monoisotopic (exact) mass is 508 g/mol. The Hall–Kier alpha value is -0.700. The van der Waals surface area contributed by atoms with Crippen molar-refractivity contribution in [1.82, 2.24) is 5.32 Å². The topological polar surface area (TPSA) is 41.1 Å². The molecule has 22 heavy (non-hydrogen) atoms. The zero-order valence-corrected chi connectivity index (χ0v) is 16.7. The maximum Gasteiger partial charge on any atom is 0.258 e. The standard InChI is InChI=1S/C15H11BrClIN2OS/c1-8-2-4-10(11(17)6-8)14(21)20-15(22)19-13-5-3-9(16)7-12(13)18/h2-7H,1H3,(H2,19,20,21,22). The fourth-order valence-electron chi connectivity index (χ4n) is 1.72. The van der Waals surface area contributed by atoms with Gasteiger partial charge in [-0.05, 0) is 77.6 Å². The maximum absolute atomic E-state index is 12.2. The normalized spacial score (nSPS) is 10.2. The first kappa shape index (κ1) is 17.7. The molecular weight excluding hydrogens is 499 g/mol. The van der Waals surface area contributed by atoms with Crippen LogP contribution in [0.1, 0.15) is 15.9 Å². The van der Waals surface area contributed by atoms with Crippen molar-refractivity contribution in [3.8, 4) is 0 Å². The van der Waals surface area contributed by atoms with E-state index in [1.165, 1.54) is 0 Å². The Bertz CT molecular complexity index is 754. The van der Waals surface area contributed by atoms with Crippen LogP contribution >= 0.6 is 62.3 Å². The Morgan fingerprint density at radius 1 is 1.27 bits per heavy atom. The predicted molar refractivity (Wildman–Crippen MR) is 107 cm³/mol. The van der Waals surface area contributed by atoms with E-state index in [1.54, 1.807) is 12.1 Å². The van der Waals surface area contributed by atoms with E-state index in [1.807, 2.05) is 31.2 Å². The summed E-state index contributed by atoms with van der Waals surface area (Å²) in [5, 5.41) is 6.25. The minimum absolute atomic E-state index is 0.224.